The summed E-state index contributed by atoms with van der Waals surface area (Å²) in [5.74, 6) is 1.14. The van der Waals surface area contributed by atoms with Crippen molar-refractivity contribution in [1.82, 2.24) is 9.80 Å². The van der Waals surface area contributed by atoms with Crippen LogP contribution in [0.3, 0.4) is 0 Å². The molecule has 1 aliphatic carbocycles. The van der Waals surface area contributed by atoms with E-state index in [0.29, 0.717) is 17.7 Å². The minimum Gasteiger partial charge on any atom is -0.508 e. The molecule has 2 heterocycles. The topological polar surface area (TPSA) is 35.9 Å². The Morgan fingerprint density at radius 3 is 2.83 bits per heavy atom. The minimum atomic E-state index is 0.506. The third-order valence-electron chi connectivity index (χ3n) is 5.96. The summed E-state index contributed by atoms with van der Waals surface area (Å²) >= 11 is 0. The molecule has 1 aromatic rings. The van der Waals surface area contributed by atoms with Crippen molar-refractivity contribution in [3.63, 3.8) is 0 Å². The van der Waals surface area contributed by atoms with Gasteiger partial charge in [0.2, 0.25) is 0 Å². The van der Waals surface area contributed by atoms with Gasteiger partial charge in [-0.15, -0.1) is 0 Å². The molecule has 0 saturated carbocycles. The summed E-state index contributed by atoms with van der Waals surface area (Å²) < 4.78 is 5.42. The van der Waals surface area contributed by atoms with Gasteiger partial charge in [-0.05, 0) is 62.5 Å². The summed E-state index contributed by atoms with van der Waals surface area (Å²) in [6.07, 6.45) is 4.74. The van der Waals surface area contributed by atoms with Crippen molar-refractivity contribution >= 4 is 0 Å². The second kappa shape index (κ2) is 6.80. The number of hydrogen-bond donors (Lipinski definition) is 1. The smallest absolute Gasteiger partial charge is 0.119 e. The van der Waals surface area contributed by atoms with Crippen molar-refractivity contribution < 1.29 is 9.84 Å². The minimum absolute atomic E-state index is 0.506. The first-order valence-corrected chi connectivity index (χ1v) is 9.18. The van der Waals surface area contributed by atoms with Crippen LogP contribution in [0.2, 0.25) is 0 Å². The zero-order chi connectivity index (χ0) is 15.6. The molecule has 2 saturated heterocycles. The SMILES string of the molecule is Oc1cccc2c1CCC1C2CCN1CCCN1CCOCC1. The highest BCUT2D eigenvalue weighted by Crippen LogP contribution is 2.43. The van der Waals surface area contributed by atoms with E-state index < -0.39 is 0 Å². The second-order valence-corrected chi connectivity index (χ2v) is 7.19. The zero-order valence-corrected chi connectivity index (χ0v) is 13.9. The van der Waals surface area contributed by atoms with Gasteiger partial charge in [0.25, 0.3) is 0 Å². The predicted octanol–water partition coefficient (Wildman–Crippen LogP) is 2.22. The highest BCUT2D eigenvalue weighted by atomic mass is 16.5. The number of morpholine rings is 1. The third kappa shape index (κ3) is 3.12. The second-order valence-electron chi connectivity index (χ2n) is 7.19. The van der Waals surface area contributed by atoms with Crippen LogP contribution in [0, 0.1) is 0 Å². The lowest BCUT2D eigenvalue weighted by molar-refractivity contribution is 0.0358. The van der Waals surface area contributed by atoms with E-state index in [2.05, 4.69) is 15.9 Å². The van der Waals surface area contributed by atoms with Crippen molar-refractivity contribution in [2.75, 3.05) is 45.9 Å². The molecule has 4 nitrogen and oxygen atoms in total. The predicted molar refractivity (Wildman–Crippen MR) is 91.0 cm³/mol. The molecule has 23 heavy (non-hydrogen) atoms. The molecule has 1 aromatic carbocycles. The maximum Gasteiger partial charge on any atom is 0.119 e. The van der Waals surface area contributed by atoms with Gasteiger partial charge in [-0.25, -0.2) is 0 Å². The van der Waals surface area contributed by atoms with Crippen LogP contribution in [0.5, 0.6) is 5.75 Å². The van der Waals surface area contributed by atoms with Gasteiger partial charge in [0.1, 0.15) is 5.75 Å². The summed E-state index contributed by atoms with van der Waals surface area (Å²) in [6, 6.07) is 6.78. The fourth-order valence-corrected chi connectivity index (χ4v) is 4.77. The number of likely N-dealkylation sites (tertiary alicyclic amines) is 1. The van der Waals surface area contributed by atoms with Gasteiger partial charge in [0.15, 0.2) is 0 Å². The van der Waals surface area contributed by atoms with Gasteiger partial charge < -0.3 is 9.84 Å². The molecule has 1 N–H and O–H groups in total. The molecule has 0 amide bonds. The zero-order valence-electron chi connectivity index (χ0n) is 13.9. The Labute approximate surface area is 139 Å². The largest absolute Gasteiger partial charge is 0.508 e. The van der Waals surface area contributed by atoms with Gasteiger partial charge in [-0.3, -0.25) is 9.80 Å². The van der Waals surface area contributed by atoms with Crippen molar-refractivity contribution in [3.05, 3.63) is 29.3 Å². The number of rotatable bonds is 4. The Hall–Kier alpha value is -1.10. The summed E-state index contributed by atoms with van der Waals surface area (Å²) in [4.78, 5) is 5.24. The number of phenols is 1. The van der Waals surface area contributed by atoms with Crippen LogP contribution in [-0.4, -0.2) is 66.9 Å². The first-order valence-electron chi connectivity index (χ1n) is 9.18. The van der Waals surface area contributed by atoms with E-state index in [9.17, 15) is 5.11 Å². The maximum atomic E-state index is 10.1. The molecule has 0 radical (unpaired) electrons. The van der Waals surface area contributed by atoms with Crippen LogP contribution in [0.4, 0.5) is 0 Å². The van der Waals surface area contributed by atoms with Crippen LogP contribution in [0.1, 0.15) is 36.3 Å². The fraction of sp³-hybridized carbons (Fsp3) is 0.684. The number of nitrogens with zero attached hydrogens (tertiary/aromatic N) is 2. The van der Waals surface area contributed by atoms with Gasteiger partial charge in [-0.2, -0.15) is 0 Å². The Morgan fingerprint density at radius 2 is 1.96 bits per heavy atom. The molecule has 2 fully saturated rings. The monoisotopic (exact) mass is 316 g/mol. The van der Waals surface area contributed by atoms with E-state index in [1.807, 2.05) is 12.1 Å². The lowest BCUT2D eigenvalue weighted by Crippen LogP contribution is -2.40. The number of hydrogen-bond acceptors (Lipinski definition) is 4. The van der Waals surface area contributed by atoms with Crippen molar-refractivity contribution in [3.8, 4) is 5.75 Å². The highest BCUT2D eigenvalue weighted by molar-refractivity contribution is 5.44. The lowest BCUT2D eigenvalue weighted by Gasteiger charge is -2.34. The third-order valence-corrected chi connectivity index (χ3v) is 5.96. The standard InChI is InChI=1S/C19H28N2O2/c22-19-4-1-3-15-16-7-10-21(18(16)6-5-17(15)19)9-2-8-20-11-13-23-14-12-20/h1,3-4,16,18,22H,2,5-14H2. The van der Waals surface area contributed by atoms with Crippen molar-refractivity contribution in [2.24, 2.45) is 0 Å². The number of phenolic OH excluding ortho intramolecular Hbond substituents is 1. The molecular formula is C19H28N2O2. The summed E-state index contributed by atoms with van der Waals surface area (Å²) in [7, 11) is 0. The average Bonchev–Trinajstić information content (AvgIpc) is 3.00. The van der Waals surface area contributed by atoms with Gasteiger partial charge in [0, 0.05) is 25.0 Å². The molecular weight excluding hydrogens is 288 g/mol. The Balaban J connectivity index is 1.34. The Bertz CT molecular complexity index is 542. The number of ether oxygens (including phenoxy) is 1. The molecule has 2 aliphatic heterocycles. The van der Waals surface area contributed by atoms with Crippen LogP contribution < -0.4 is 0 Å². The summed E-state index contributed by atoms with van der Waals surface area (Å²) in [5, 5.41) is 10.1. The van der Waals surface area contributed by atoms with Crippen LogP contribution in [-0.2, 0) is 11.2 Å². The van der Waals surface area contributed by atoms with Gasteiger partial charge in [-0.1, -0.05) is 12.1 Å². The molecule has 4 heteroatoms. The number of aromatic hydroxyl groups is 1. The van der Waals surface area contributed by atoms with E-state index in [4.69, 9.17) is 4.74 Å². The van der Waals surface area contributed by atoms with Gasteiger partial charge >= 0.3 is 0 Å². The molecule has 0 bridgehead atoms. The highest BCUT2D eigenvalue weighted by Gasteiger charge is 2.38. The van der Waals surface area contributed by atoms with Crippen LogP contribution >= 0.6 is 0 Å². The van der Waals surface area contributed by atoms with E-state index in [-0.39, 0.29) is 0 Å². The van der Waals surface area contributed by atoms with E-state index in [1.54, 1.807) is 0 Å². The molecule has 126 valence electrons. The van der Waals surface area contributed by atoms with Crippen LogP contribution in [0.25, 0.3) is 0 Å². The van der Waals surface area contributed by atoms with E-state index in [0.717, 1.165) is 32.7 Å². The maximum absolute atomic E-state index is 10.1. The normalized spacial score (nSPS) is 28.5. The van der Waals surface area contributed by atoms with Crippen LogP contribution in [0.15, 0.2) is 18.2 Å². The number of fused-ring (bicyclic) bond motifs is 3. The van der Waals surface area contributed by atoms with Crippen molar-refractivity contribution in [2.45, 2.75) is 37.6 Å². The number of benzene rings is 1. The first-order chi connectivity index (χ1) is 11.3. The molecule has 4 rings (SSSR count). The Morgan fingerprint density at radius 1 is 1.09 bits per heavy atom. The quantitative estimate of drug-likeness (QED) is 0.924. The van der Waals surface area contributed by atoms with Gasteiger partial charge in [0.05, 0.1) is 13.2 Å². The Kier molecular flexibility index (Phi) is 4.56. The van der Waals surface area contributed by atoms with Crippen molar-refractivity contribution in [1.29, 1.82) is 0 Å². The molecule has 0 spiro atoms. The molecule has 0 aromatic heterocycles. The first kappa shape index (κ1) is 15.4. The van der Waals surface area contributed by atoms with E-state index in [1.165, 1.54) is 50.0 Å². The fourth-order valence-electron chi connectivity index (χ4n) is 4.77. The molecule has 2 unspecified atom stereocenters. The average molecular weight is 316 g/mol. The van der Waals surface area contributed by atoms with E-state index >= 15 is 0 Å². The molecule has 3 aliphatic rings. The lowest BCUT2D eigenvalue weighted by atomic mass is 9.79. The molecule has 2 atom stereocenters. The summed E-state index contributed by atoms with van der Waals surface area (Å²) in [5.41, 5.74) is 2.63. The summed E-state index contributed by atoms with van der Waals surface area (Å²) in [6.45, 7) is 7.62.